The van der Waals surface area contributed by atoms with E-state index < -0.39 is 0 Å². The van der Waals surface area contributed by atoms with Crippen molar-refractivity contribution in [3.05, 3.63) is 28.6 Å². The number of halogens is 1. The van der Waals surface area contributed by atoms with E-state index in [-0.39, 0.29) is 18.3 Å². The summed E-state index contributed by atoms with van der Waals surface area (Å²) >= 11 is 7.89. The third-order valence-corrected chi connectivity index (χ3v) is 5.25. The maximum atomic E-state index is 6.19. The zero-order valence-corrected chi connectivity index (χ0v) is 13.1. The van der Waals surface area contributed by atoms with Crippen LogP contribution in [0.25, 0.3) is 10.1 Å². The molecule has 0 bridgehead atoms. The summed E-state index contributed by atoms with van der Waals surface area (Å²) in [5.74, 6) is 0. The minimum absolute atomic E-state index is 0.330. The van der Waals surface area contributed by atoms with Crippen LogP contribution in [0.5, 0.6) is 0 Å². The van der Waals surface area contributed by atoms with Crippen LogP contribution in [0.3, 0.4) is 0 Å². The minimum atomic E-state index is -0.357. The van der Waals surface area contributed by atoms with Gasteiger partial charge in [0.25, 0.3) is 0 Å². The summed E-state index contributed by atoms with van der Waals surface area (Å²) in [6.07, 6.45) is 0. The number of rotatable bonds is 1. The third-order valence-electron chi connectivity index (χ3n) is 4.05. The van der Waals surface area contributed by atoms with Crippen molar-refractivity contribution in [1.82, 2.24) is 0 Å². The molecule has 2 aromatic rings. The van der Waals surface area contributed by atoms with Crippen LogP contribution < -0.4 is 5.46 Å². The molecule has 1 aromatic carbocycles. The van der Waals surface area contributed by atoms with Crippen molar-refractivity contribution in [2.24, 2.45) is 0 Å². The van der Waals surface area contributed by atoms with Crippen LogP contribution in [-0.2, 0) is 9.31 Å². The molecule has 100 valence electrons. The van der Waals surface area contributed by atoms with Gasteiger partial charge in [-0.1, -0.05) is 11.6 Å². The molecule has 1 aliphatic heterocycles. The van der Waals surface area contributed by atoms with Crippen LogP contribution in [0.1, 0.15) is 27.7 Å². The molecule has 0 radical (unpaired) electrons. The first-order valence-corrected chi connectivity index (χ1v) is 7.58. The van der Waals surface area contributed by atoms with Crippen molar-refractivity contribution in [2.45, 2.75) is 38.9 Å². The van der Waals surface area contributed by atoms with Crippen LogP contribution in [0.4, 0.5) is 0 Å². The summed E-state index contributed by atoms with van der Waals surface area (Å²) in [4.78, 5) is 0. The molecule has 0 amide bonds. The quantitative estimate of drug-likeness (QED) is 0.744. The summed E-state index contributed by atoms with van der Waals surface area (Å²) in [5.41, 5.74) is 0.365. The lowest BCUT2D eigenvalue weighted by molar-refractivity contribution is 0.00578. The van der Waals surface area contributed by atoms with Gasteiger partial charge < -0.3 is 9.31 Å². The Balaban J connectivity index is 2.09. The Morgan fingerprint density at radius 1 is 1.11 bits per heavy atom. The van der Waals surface area contributed by atoms with Gasteiger partial charge in [-0.3, -0.25) is 0 Å². The lowest BCUT2D eigenvalue weighted by Gasteiger charge is -2.32. The molecule has 2 heterocycles. The lowest BCUT2D eigenvalue weighted by Crippen LogP contribution is -2.41. The van der Waals surface area contributed by atoms with Crippen molar-refractivity contribution in [3.8, 4) is 0 Å². The molecule has 1 aliphatic rings. The highest BCUT2D eigenvalue weighted by molar-refractivity contribution is 7.18. The minimum Gasteiger partial charge on any atom is -0.399 e. The van der Waals surface area contributed by atoms with Crippen molar-refractivity contribution in [3.63, 3.8) is 0 Å². The normalized spacial score (nSPS) is 21.2. The smallest absolute Gasteiger partial charge is 0.399 e. The van der Waals surface area contributed by atoms with Gasteiger partial charge in [0.15, 0.2) is 0 Å². The summed E-state index contributed by atoms with van der Waals surface area (Å²) in [6.45, 7) is 8.23. The molecule has 0 atom stereocenters. The van der Waals surface area contributed by atoms with Gasteiger partial charge in [-0.05, 0) is 56.7 Å². The van der Waals surface area contributed by atoms with Gasteiger partial charge in [0, 0.05) is 15.2 Å². The summed E-state index contributed by atoms with van der Waals surface area (Å²) in [6, 6.07) is 5.99. The van der Waals surface area contributed by atoms with Crippen LogP contribution in [0.2, 0.25) is 5.02 Å². The molecule has 0 spiro atoms. The number of hydrogen-bond acceptors (Lipinski definition) is 3. The topological polar surface area (TPSA) is 18.5 Å². The van der Waals surface area contributed by atoms with E-state index >= 15 is 0 Å². The van der Waals surface area contributed by atoms with Gasteiger partial charge >= 0.3 is 7.12 Å². The number of benzene rings is 1. The third kappa shape index (κ3) is 2.11. The fourth-order valence-corrected chi connectivity index (χ4v) is 3.36. The zero-order valence-electron chi connectivity index (χ0n) is 11.5. The van der Waals surface area contributed by atoms with Gasteiger partial charge in [0.05, 0.1) is 11.2 Å². The second-order valence-corrected chi connectivity index (χ2v) is 7.27. The standard InChI is InChI=1S/C14H16BClO2S/c1-13(2)14(3,4)18-15(17-13)11-8-10(16)7-9-5-6-19-12(9)11/h5-8H,1-4H3. The fraction of sp³-hybridized carbons (Fsp3) is 0.429. The Hall–Kier alpha value is -0.545. The van der Waals surface area contributed by atoms with Crippen LogP contribution in [-0.4, -0.2) is 18.3 Å². The highest BCUT2D eigenvalue weighted by Crippen LogP contribution is 2.37. The maximum absolute atomic E-state index is 6.19. The second-order valence-electron chi connectivity index (χ2n) is 5.92. The second kappa shape index (κ2) is 4.22. The molecule has 5 heteroatoms. The average molecular weight is 295 g/mol. The van der Waals surface area contributed by atoms with E-state index in [0.717, 1.165) is 15.9 Å². The molecule has 0 aliphatic carbocycles. The van der Waals surface area contributed by atoms with Gasteiger partial charge in [-0.2, -0.15) is 0 Å². The monoisotopic (exact) mass is 294 g/mol. The Bertz CT molecular complexity index is 619. The van der Waals surface area contributed by atoms with E-state index in [9.17, 15) is 0 Å². The molecule has 0 saturated carbocycles. The van der Waals surface area contributed by atoms with Gasteiger partial charge in [0.2, 0.25) is 0 Å². The molecule has 0 unspecified atom stereocenters. The van der Waals surface area contributed by atoms with Crippen molar-refractivity contribution >= 4 is 45.6 Å². The maximum Gasteiger partial charge on any atom is 0.496 e. The fourth-order valence-electron chi connectivity index (χ4n) is 2.22. The van der Waals surface area contributed by atoms with Gasteiger partial charge in [0.1, 0.15) is 0 Å². The molecular weight excluding hydrogens is 278 g/mol. The molecule has 1 aromatic heterocycles. The van der Waals surface area contributed by atoms with Crippen LogP contribution in [0, 0.1) is 0 Å². The van der Waals surface area contributed by atoms with E-state index in [1.807, 2.05) is 12.1 Å². The Morgan fingerprint density at radius 2 is 1.74 bits per heavy atom. The highest BCUT2D eigenvalue weighted by Gasteiger charge is 2.52. The van der Waals surface area contributed by atoms with Crippen LogP contribution in [0.15, 0.2) is 23.6 Å². The molecule has 19 heavy (non-hydrogen) atoms. The van der Waals surface area contributed by atoms with E-state index in [1.54, 1.807) is 11.3 Å². The molecule has 3 rings (SSSR count). The van der Waals surface area contributed by atoms with Crippen molar-refractivity contribution in [2.75, 3.05) is 0 Å². The SMILES string of the molecule is CC1(C)OB(c2cc(Cl)cc3ccsc23)OC1(C)C. The first-order valence-electron chi connectivity index (χ1n) is 6.32. The number of thiophene rings is 1. The predicted octanol–water partition coefficient (Wildman–Crippen LogP) is 3.85. The van der Waals surface area contributed by atoms with E-state index in [1.165, 1.54) is 4.70 Å². The average Bonchev–Trinajstić information content (AvgIpc) is 2.80. The Labute approximate surface area is 122 Å². The van der Waals surface area contributed by atoms with E-state index in [2.05, 4.69) is 39.1 Å². The van der Waals surface area contributed by atoms with E-state index in [4.69, 9.17) is 20.9 Å². The summed E-state index contributed by atoms with van der Waals surface area (Å²) < 4.78 is 13.4. The van der Waals surface area contributed by atoms with E-state index in [0.29, 0.717) is 0 Å². The van der Waals surface area contributed by atoms with Gasteiger partial charge in [-0.15, -0.1) is 11.3 Å². The molecule has 1 fully saturated rings. The van der Waals surface area contributed by atoms with Crippen molar-refractivity contribution < 1.29 is 9.31 Å². The Morgan fingerprint density at radius 3 is 2.37 bits per heavy atom. The first-order chi connectivity index (χ1) is 8.80. The molecular formula is C14H16BClO2S. The number of hydrogen-bond donors (Lipinski definition) is 0. The predicted molar refractivity (Wildman–Crippen MR) is 82.6 cm³/mol. The summed E-state index contributed by atoms with van der Waals surface area (Å²) in [7, 11) is -0.357. The lowest BCUT2D eigenvalue weighted by atomic mass is 9.78. The summed E-state index contributed by atoms with van der Waals surface area (Å²) in [5, 5.41) is 3.92. The van der Waals surface area contributed by atoms with Crippen molar-refractivity contribution in [1.29, 1.82) is 0 Å². The largest absolute Gasteiger partial charge is 0.496 e. The molecule has 2 nitrogen and oxygen atoms in total. The number of fused-ring (bicyclic) bond motifs is 1. The van der Waals surface area contributed by atoms with Crippen LogP contribution >= 0.6 is 22.9 Å². The first kappa shape index (κ1) is 13.4. The zero-order chi connectivity index (χ0) is 13.8. The highest BCUT2D eigenvalue weighted by atomic mass is 35.5. The van der Waals surface area contributed by atoms with Gasteiger partial charge in [-0.25, -0.2) is 0 Å². The molecule has 0 N–H and O–H groups in total. The Kier molecular flexibility index (Phi) is 2.99. The molecule has 1 saturated heterocycles.